The molecule has 1 fully saturated rings. The number of nitro groups is 1. The van der Waals surface area contributed by atoms with Crippen molar-refractivity contribution >= 4 is 23.2 Å². The molecule has 1 aromatic heterocycles. The Morgan fingerprint density at radius 1 is 1.12 bits per heavy atom. The fourth-order valence-electron chi connectivity index (χ4n) is 4.60. The zero-order chi connectivity index (χ0) is 23.4. The van der Waals surface area contributed by atoms with Gasteiger partial charge in [0.1, 0.15) is 0 Å². The van der Waals surface area contributed by atoms with Crippen LogP contribution in [0.4, 0.5) is 5.69 Å². The van der Waals surface area contributed by atoms with Crippen LogP contribution < -0.4 is 0 Å². The third-order valence-corrected chi connectivity index (χ3v) is 6.85. The molecule has 0 bridgehead atoms. The smallest absolute Gasteiger partial charge is 0.273 e. The molecule has 0 N–H and O–H groups in total. The van der Waals surface area contributed by atoms with Crippen molar-refractivity contribution in [3.8, 4) is 0 Å². The summed E-state index contributed by atoms with van der Waals surface area (Å²) in [6.45, 7) is 2.75. The van der Waals surface area contributed by atoms with Crippen LogP contribution in [0.1, 0.15) is 59.3 Å². The summed E-state index contributed by atoms with van der Waals surface area (Å²) in [6, 6.07) is 16.6. The van der Waals surface area contributed by atoms with Gasteiger partial charge in [-0.2, -0.15) is 0 Å². The summed E-state index contributed by atoms with van der Waals surface area (Å²) >= 11 is 6.37. The molecule has 0 unspecified atom stereocenters. The number of hydrogen-bond acceptors (Lipinski definition) is 3. The quantitative estimate of drug-likeness (QED) is 0.300. The fraction of sp³-hybridized carbons (Fsp3) is 0.346. The zero-order valence-corrected chi connectivity index (χ0v) is 19.5. The van der Waals surface area contributed by atoms with E-state index in [9.17, 15) is 14.9 Å². The van der Waals surface area contributed by atoms with Gasteiger partial charge in [-0.15, -0.1) is 0 Å². The molecule has 1 saturated carbocycles. The van der Waals surface area contributed by atoms with Gasteiger partial charge in [-0.1, -0.05) is 55.1 Å². The minimum Gasteiger partial charge on any atom is -0.345 e. The lowest BCUT2D eigenvalue weighted by Gasteiger charge is -2.35. The molecule has 1 heterocycles. The normalized spacial score (nSPS) is 14.2. The SMILES string of the molecule is Cc1ccc(C(=O)N(Cc2cccn2Cc2ccccc2Cl)C2CCCCC2)cc1[N+](=O)[O-]. The minimum absolute atomic E-state index is 0.0217. The Bertz CT molecular complexity index is 1150. The standard InChI is InChI=1S/C26H28ClN3O3/c1-19-13-14-20(16-25(19)30(32)33)26(31)29(22-9-3-2-4-10-22)18-23-11-7-15-28(23)17-21-8-5-6-12-24(21)27/h5-8,11-16,22H,2-4,9-10,17-18H2,1H3. The van der Waals surface area contributed by atoms with Crippen LogP contribution in [-0.4, -0.2) is 26.3 Å². The first-order valence-electron chi connectivity index (χ1n) is 11.4. The van der Waals surface area contributed by atoms with Crippen LogP contribution in [0.15, 0.2) is 60.8 Å². The van der Waals surface area contributed by atoms with Gasteiger partial charge in [0.2, 0.25) is 0 Å². The first-order valence-corrected chi connectivity index (χ1v) is 11.8. The van der Waals surface area contributed by atoms with E-state index < -0.39 is 4.92 Å². The van der Waals surface area contributed by atoms with Crippen LogP contribution in [0, 0.1) is 17.0 Å². The molecular weight excluding hydrogens is 438 g/mol. The second-order valence-corrected chi connectivity index (χ2v) is 9.11. The van der Waals surface area contributed by atoms with Gasteiger partial charge in [-0.05, 0) is 49.6 Å². The van der Waals surface area contributed by atoms with E-state index in [1.807, 2.05) is 47.5 Å². The predicted octanol–water partition coefficient (Wildman–Crippen LogP) is 6.38. The summed E-state index contributed by atoms with van der Waals surface area (Å²) in [5.74, 6) is -0.157. The van der Waals surface area contributed by atoms with Gasteiger partial charge in [-0.3, -0.25) is 14.9 Å². The number of halogens is 1. The van der Waals surface area contributed by atoms with E-state index in [0.717, 1.165) is 36.9 Å². The number of aryl methyl sites for hydroxylation is 1. The van der Waals surface area contributed by atoms with Crippen LogP contribution in [0.3, 0.4) is 0 Å². The maximum absolute atomic E-state index is 13.7. The molecule has 1 aliphatic carbocycles. The van der Waals surface area contributed by atoms with E-state index in [1.54, 1.807) is 19.1 Å². The molecular formula is C26H28ClN3O3. The fourth-order valence-corrected chi connectivity index (χ4v) is 4.79. The molecule has 1 aliphatic rings. The van der Waals surface area contributed by atoms with Gasteiger partial charge in [0, 0.05) is 46.7 Å². The average molecular weight is 466 g/mol. The highest BCUT2D eigenvalue weighted by molar-refractivity contribution is 6.31. The predicted molar refractivity (Wildman–Crippen MR) is 130 cm³/mol. The maximum atomic E-state index is 13.7. The number of hydrogen-bond donors (Lipinski definition) is 0. The summed E-state index contributed by atoms with van der Waals surface area (Å²) in [5, 5.41) is 12.1. The molecule has 6 nitrogen and oxygen atoms in total. The summed E-state index contributed by atoms with van der Waals surface area (Å²) in [4.78, 5) is 26.6. The number of nitrogens with zero attached hydrogens (tertiary/aromatic N) is 3. The molecule has 7 heteroatoms. The van der Waals surface area contributed by atoms with Crippen molar-refractivity contribution in [2.75, 3.05) is 0 Å². The molecule has 2 aromatic carbocycles. The van der Waals surface area contributed by atoms with E-state index >= 15 is 0 Å². The van der Waals surface area contributed by atoms with Gasteiger partial charge >= 0.3 is 0 Å². The number of nitro benzene ring substituents is 1. The van der Waals surface area contributed by atoms with E-state index in [-0.39, 0.29) is 17.6 Å². The molecule has 0 saturated heterocycles. The lowest BCUT2D eigenvalue weighted by molar-refractivity contribution is -0.385. The summed E-state index contributed by atoms with van der Waals surface area (Å²) in [5.41, 5.74) is 2.92. The van der Waals surface area contributed by atoms with Crippen molar-refractivity contribution in [3.63, 3.8) is 0 Å². The summed E-state index contributed by atoms with van der Waals surface area (Å²) in [6.07, 6.45) is 7.25. The summed E-state index contributed by atoms with van der Waals surface area (Å²) in [7, 11) is 0. The van der Waals surface area contributed by atoms with Gasteiger partial charge in [-0.25, -0.2) is 0 Å². The van der Waals surface area contributed by atoms with Crippen LogP contribution in [-0.2, 0) is 13.1 Å². The van der Waals surface area contributed by atoms with Gasteiger partial charge in [0.05, 0.1) is 11.5 Å². The van der Waals surface area contributed by atoms with E-state index in [0.29, 0.717) is 29.2 Å². The number of amides is 1. The Morgan fingerprint density at radius 3 is 2.61 bits per heavy atom. The second kappa shape index (κ2) is 10.2. The first kappa shape index (κ1) is 23.1. The number of carbonyl (C=O) groups excluding carboxylic acids is 1. The Balaban J connectivity index is 1.63. The molecule has 0 spiro atoms. The number of carbonyl (C=O) groups is 1. The molecule has 172 valence electrons. The highest BCUT2D eigenvalue weighted by Crippen LogP contribution is 2.28. The van der Waals surface area contributed by atoms with Crippen LogP contribution in [0.25, 0.3) is 0 Å². The largest absolute Gasteiger partial charge is 0.345 e. The van der Waals surface area contributed by atoms with E-state index in [2.05, 4.69) is 4.57 Å². The third kappa shape index (κ3) is 5.28. The molecule has 4 rings (SSSR count). The Morgan fingerprint density at radius 2 is 1.88 bits per heavy atom. The topological polar surface area (TPSA) is 68.4 Å². The second-order valence-electron chi connectivity index (χ2n) is 8.70. The highest BCUT2D eigenvalue weighted by Gasteiger charge is 2.28. The Kier molecular flexibility index (Phi) is 7.14. The monoisotopic (exact) mass is 465 g/mol. The van der Waals surface area contributed by atoms with E-state index in [4.69, 9.17) is 11.6 Å². The molecule has 1 amide bonds. The number of aromatic nitrogens is 1. The van der Waals surface area contributed by atoms with Crippen molar-refractivity contribution in [2.45, 2.75) is 58.2 Å². The molecule has 0 aliphatic heterocycles. The maximum Gasteiger partial charge on any atom is 0.273 e. The van der Waals surface area contributed by atoms with Crippen LogP contribution in [0.2, 0.25) is 5.02 Å². The zero-order valence-electron chi connectivity index (χ0n) is 18.7. The van der Waals surface area contributed by atoms with Gasteiger partial charge in [0.15, 0.2) is 0 Å². The van der Waals surface area contributed by atoms with Crippen LogP contribution >= 0.6 is 11.6 Å². The third-order valence-electron chi connectivity index (χ3n) is 6.48. The Hall–Kier alpha value is -3.12. The van der Waals surface area contributed by atoms with Gasteiger partial charge in [0.25, 0.3) is 11.6 Å². The molecule has 33 heavy (non-hydrogen) atoms. The van der Waals surface area contributed by atoms with Crippen LogP contribution in [0.5, 0.6) is 0 Å². The van der Waals surface area contributed by atoms with Crippen molar-refractivity contribution in [3.05, 3.63) is 98.3 Å². The lowest BCUT2D eigenvalue weighted by Crippen LogP contribution is -2.41. The van der Waals surface area contributed by atoms with Crippen molar-refractivity contribution < 1.29 is 9.72 Å². The molecule has 0 radical (unpaired) electrons. The highest BCUT2D eigenvalue weighted by atomic mass is 35.5. The van der Waals surface area contributed by atoms with Gasteiger partial charge < -0.3 is 9.47 Å². The average Bonchev–Trinajstić information content (AvgIpc) is 3.26. The van der Waals surface area contributed by atoms with Crippen molar-refractivity contribution in [1.82, 2.24) is 9.47 Å². The summed E-state index contributed by atoms with van der Waals surface area (Å²) < 4.78 is 2.11. The van der Waals surface area contributed by atoms with E-state index in [1.165, 1.54) is 12.5 Å². The number of rotatable bonds is 7. The van der Waals surface area contributed by atoms with Crippen molar-refractivity contribution in [2.24, 2.45) is 0 Å². The van der Waals surface area contributed by atoms with Crippen molar-refractivity contribution in [1.29, 1.82) is 0 Å². The lowest BCUT2D eigenvalue weighted by atomic mass is 9.93. The molecule has 3 aromatic rings. The molecule has 0 atom stereocenters. The minimum atomic E-state index is -0.425. The first-order chi connectivity index (χ1) is 15.9. The Labute approximate surface area is 198 Å². The number of benzene rings is 2.